The maximum Gasteiger partial charge on any atom is 0.157 e. The number of hydrogen-bond acceptors (Lipinski definition) is 1. The topological polar surface area (TPSA) is 37.3 Å². The standard InChI is InChI=1S/C7H6BrFO2S/c8-7-2-1-6(9)3-5(7)4-12(10)11/h1-3H,4H2,(H,10,11). The highest BCUT2D eigenvalue weighted by Crippen LogP contribution is 2.18. The van der Waals surface area contributed by atoms with Gasteiger partial charge in [0.05, 0.1) is 5.75 Å². The molecule has 1 N–H and O–H groups in total. The van der Waals surface area contributed by atoms with Crippen molar-refractivity contribution in [2.24, 2.45) is 0 Å². The Morgan fingerprint density at radius 1 is 1.58 bits per heavy atom. The van der Waals surface area contributed by atoms with Gasteiger partial charge in [0.1, 0.15) is 5.82 Å². The maximum absolute atomic E-state index is 12.6. The molecule has 2 nitrogen and oxygen atoms in total. The molecule has 0 amide bonds. The van der Waals surface area contributed by atoms with Gasteiger partial charge in [-0.1, -0.05) is 15.9 Å². The van der Waals surface area contributed by atoms with Gasteiger partial charge in [-0.2, -0.15) is 0 Å². The second-order valence-electron chi connectivity index (χ2n) is 2.20. The van der Waals surface area contributed by atoms with E-state index in [2.05, 4.69) is 15.9 Å². The molecule has 1 atom stereocenters. The number of hydrogen-bond donors (Lipinski definition) is 1. The number of rotatable bonds is 2. The van der Waals surface area contributed by atoms with Crippen LogP contribution < -0.4 is 0 Å². The minimum atomic E-state index is -1.93. The molecule has 0 aliphatic carbocycles. The van der Waals surface area contributed by atoms with E-state index in [1.165, 1.54) is 18.2 Å². The molecular weight excluding hydrogens is 247 g/mol. The molecule has 0 aromatic heterocycles. The molecule has 5 heteroatoms. The molecule has 1 aromatic carbocycles. The average Bonchev–Trinajstić information content (AvgIpc) is 1.96. The largest absolute Gasteiger partial charge is 0.306 e. The SMILES string of the molecule is O=S(O)Cc1cc(F)ccc1Br. The van der Waals surface area contributed by atoms with E-state index in [9.17, 15) is 8.60 Å². The first kappa shape index (κ1) is 9.83. The predicted octanol–water partition coefficient (Wildman–Crippen LogP) is 2.31. The van der Waals surface area contributed by atoms with Crippen LogP contribution in [0.25, 0.3) is 0 Å². The van der Waals surface area contributed by atoms with E-state index in [4.69, 9.17) is 4.55 Å². The third-order valence-electron chi connectivity index (χ3n) is 1.29. The van der Waals surface area contributed by atoms with Crippen molar-refractivity contribution in [3.05, 3.63) is 34.1 Å². The lowest BCUT2D eigenvalue weighted by molar-refractivity contribution is 0.563. The van der Waals surface area contributed by atoms with Gasteiger partial charge in [0.25, 0.3) is 0 Å². The van der Waals surface area contributed by atoms with Gasteiger partial charge in [-0.25, -0.2) is 8.60 Å². The van der Waals surface area contributed by atoms with Gasteiger partial charge in [-0.05, 0) is 23.8 Å². The van der Waals surface area contributed by atoms with Crippen LogP contribution in [0.15, 0.2) is 22.7 Å². The van der Waals surface area contributed by atoms with Gasteiger partial charge >= 0.3 is 0 Å². The first-order valence-corrected chi connectivity index (χ1v) is 5.18. The Kier molecular flexibility index (Phi) is 3.37. The minimum Gasteiger partial charge on any atom is -0.306 e. The van der Waals surface area contributed by atoms with E-state index in [1.54, 1.807) is 0 Å². The summed E-state index contributed by atoms with van der Waals surface area (Å²) in [6.07, 6.45) is 0. The summed E-state index contributed by atoms with van der Waals surface area (Å²) in [5.74, 6) is -0.461. The number of benzene rings is 1. The quantitative estimate of drug-likeness (QED) is 0.821. The highest BCUT2D eigenvalue weighted by Gasteiger charge is 2.04. The Morgan fingerprint density at radius 2 is 2.25 bits per heavy atom. The second kappa shape index (κ2) is 4.11. The summed E-state index contributed by atoms with van der Waals surface area (Å²) >= 11 is 1.21. The molecule has 0 saturated heterocycles. The van der Waals surface area contributed by atoms with Crippen molar-refractivity contribution in [1.82, 2.24) is 0 Å². The predicted molar refractivity (Wildman–Crippen MR) is 48.6 cm³/mol. The van der Waals surface area contributed by atoms with Crippen LogP contribution in [0.2, 0.25) is 0 Å². The van der Waals surface area contributed by atoms with Crippen molar-refractivity contribution in [2.45, 2.75) is 5.75 Å². The van der Waals surface area contributed by atoms with Crippen molar-refractivity contribution in [1.29, 1.82) is 0 Å². The third-order valence-corrected chi connectivity index (χ3v) is 2.62. The summed E-state index contributed by atoms with van der Waals surface area (Å²) in [5.41, 5.74) is 0.496. The fourth-order valence-corrected chi connectivity index (χ4v) is 1.86. The molecule has 0 aliphatic heterocycles. The molecule has 0 bridgehead atoms. The molecule has 0 aliphatic rings. The third kappa shape index (κ3) is 2.66. The highest BCUT2D eigenvalue weighted by atomic mass is 79.9. The van der Waals surface area contributed by atoms with Gasteiger partial charge in [0, 0.05) is 4.47 Å². The van der Waals surface area contributed by atoms with E-state index >= 15 is 0 Å². The maximum atomic E-state index is 12.6. The van der Waals surface area contributed by atoms with Gasteiger partial charge in [-0.3, -0.25) is 0 Å². The minimum absolute atomic E-state index is 0.0572. The van der Waals surface area contributed by atoms with Crippen LogP contribution in [-0.4, -0.2) is 8.76 Å². The van der Waals surface area contributed by atoms with Crippen LogP contribution in [0.1, 0.15) is 5.56 Å². The molecule has 1 aromatic rings. The fourth-order valence-electron chi connectivity index (χ4n) is 0.787. The molecule has 12 heavy (non-hydrogen) atoms. The van der Waals surface area contributed by atoms with Crippen molar-refractivity contribution in [3.8, 4) is 0 Å². The van der Waals surface area contributed by atoms with Crippen LogP contribution in [-0.2, 0) is 16.8 Å². The first-order chi connectivity index (χ1) is 5.59. The average molecular weight is 253 g/mol. The molecular formula is C7H6BrFO2S. The van der Waals surface area contributed by atoms with Crippen molar-refractivity contribution >= 4 is 27.0 Å². The van der Waals surface area contributed by atoms with E-state index < -0.39 is 16.9 Å². The highest BCUT2D eigenvalue weighted by molar-refractivity contribution is 9.10. The lowest BCUT2D eigenvalue weighted by Gasteiger charge is -2.00. The smallest absolute Gasteiger partial charge is 0.157 e. The molecule has 0 radical (unpaired) electrons. The van der Waals surface area contributed by atoms with E-state index in [0.29, 0.717) is 10.0 Å². The summed E-state index contributed by atoms with van der Waals surface area (Å²) < 4.78 is 32.2. The Hall–Kier alpha value is -0.260. The zero-order valence-electron chi connectivity index (χ0n) is 5.96. The first-order valence-electron chi connectivity index (χ1n) is 3.11. The Morgan fingerprint density at radius 3 is 2.83 bits per heavy atom. The summed E-state index contributed by atoms with van der Waals surface area (Å²) in [5, 5.41) is 0. The van der Waals surface area contributed by atoms with Crippen LogP contribution in [0, 0.1) is 5.82 Å². The lowest BCUT2D eigenvalue weighted by Crippen LogP contribution is -1.94. The molecule has 0 fully saturated rings. The van der Waals surface area contributed by atoms with Gasteiger partial charge in [0.15, 0.2) is 11.1 Å². The Labute approximate surface area is 80.2 Å². The normalized spacial score (nSPS) is 12.9. The van der Waals surface area contributed by atoms with Crippen LogP contribution in [0.3, 0.4) is 0 Å². The van der Waals surface area contributed by atoms with E-state index in [1.807, 2.05) is 0 Å². The zero-order valence-corrected chi connectivity index (χ0v) is 8.36. The van der Waals surface area contributed by atoms with Crippen molar-refractivity contribution < 1.29 is 13.2 Å². The Balaban J connectivity index is 2.97. The van der Waals surface area contributed by atoms with Crippen LogP contribution in [0.4, 0.5) is 4.39 Å². The van der Waals surface area contributed by atoms with E-state index in [-0.39, 0.29) is 5.75 Å². The number of halogens is 2. The van der Waals surface area contributed by atoms with Gasteiger partial charge < -0.3 is 4.55 Å². The monoisotopic (exact) mass is 252 g/mol. The van der Waals surface area contributed by atoms with Crippen LogP contribution in [0.5, 0.6) is 0 Å². The van der Waals surface area contributed by atoms with Crippen molar-refractivity contribution in [3.63, 3.8) is 0 Å². The summed E-state index contributed by atoms with van der Waals surface area (Å²) in [6.45, 7) is 0. The molecule has 1 unspecified atom stereocenters. The summed E-state index contributed by atoms with van der Waals surface area (Å²) in [4.78, 5) is 0. The zero-order chi connectivity index (χ0) is 9.14. The molecule has 0 heterocycles. The van der Waals surface area contributed by atoms with Gasteiger partial charge in [-0.15, -0.1) is 0 Å². The molecule has 1 rings (SSSR count). The van der Waals surface area contributed by atoms with Gasteiger partial charge in [0.2, 0.25) is 0 Å². The van der Waals surface area contributed by atoms with E-state index in [0.717, 1.165) is 0 Å². The summed E-state index contributed by atoms with van der Waals surface area (Å²) in [7, 11) is 0. The fraction of sp³-hybridized carbons (Fsp3) is 0.143. The molecule has 0 spiro atoms. The molecule has 66 valence electrons. The van der Waals surface area contributed by atoms with Crippen molar-refractivity contribution in [2.75, 3.05) is 0 Å². The second-order valence-corrected chi connectivity index (χ2v) is 3.99. The lowest BCUT2D eigenvalue weighted by atomic mass is 10.2. The summed E-state index contributed by atoms with van der Waals surface area (Å²) in [6, 6.07) is 4.03. The molecule has 0 saturated carbocycles. The van der Waals surface area contributed by atoms with Crippen LogP contribution >= 0.6 is 15.9 Å². The Bertz CT molecular complexity index is 316.